The van der Waals surface area contributed by atoms with Crippen molar-refractivity contribution in [3.8, 4) is 0 Å². The third kappa shape index (κ3) is 3.03. The van der Waals surface area contributed by atoms with E-state index in [2.05, 4.69) is 4.98 Å². The van der Waals surface area contributed by atoms with Crippen LogP contribution in [0.15, 0.2) is 24.4 Å². The number of rotatable bonds is 3. The molecule has 1 aromatic rings. The number of carbonyl (C=O) groups excluding carboxylic acids is 1. The lowest BCUT2D eigenvalue weighted by atomic mass is 10.0. The molecule has 1 saturated heterocycles. The molecule has 2 rings (SSSR count). The van der Waals surface area contributed by atoms with Crippen molar-refractivity contribution in [1.82, 2.24) is 9.88 Å². The number of aliphatic hydroxyl groups is 1. The molecule has 0 bridgehead atoms. The van der Waals surface area contributed by atoms with Gasteiger partial charge in [-0.25, -0.2) is 0 Å². The highest BCUT2D eigenvalue weighted by molar-refractivity contribution is 5.78. The molecule has 0 aromatic carbocycles. The minimum Gasteiger partial charge on any atom is -0.394 e. The lowest BCUT2D eigenvalue weighted by Gasteiger charge is -2.34. The predicted molar refractivity (Wildman–Crippen MR) is 64.4 cm³/mol. The number of carbonyl (C=O) groups is 1. The number of aromatic nitrogens is 1. The van der Waals surface area contributed by atoms with E-state index >= 15 is 0 Å². The fraction of sp³-hybridized carbons (Fsp3) is 0.538. The monoisotopic (exact) mass is 234 g/mol. The number of aliphatic hydroxyl groups excluding tert-OH is 1. The molecule has 17 heavy (non-hydrogen) atoms. The van der Waals surface area contributed by atoms with Gasteiger partial charge in [-0.3, -0.25) is 9.78 Å². The van der Waals surface area contributed by atoms with Gasteiger partial charge in [0.05, 0.1) is 19.1 Å². The molecule has 1 aliphatic rings. The molecule has 1 atom stereocenters. The first-order chi connectivity index (χ1) is 8.31. The Morgan fingerprint density at radius 3 is 3.06 bits per heavy atom. The Balaban J connectivity index is 1.99. The summed E-state index contributed by atoms with van der Waals surface area (Å²) in [6.07, 6.45) is 5.06. The third-order valence-corrected chi connectivity index (χ3v) is 3.22. The van der Waals surface area contributed by atoms with E-state index in [1.165, 1.54) is 0 Å². The summed E-state index contributed by atoms with van der Waals surface area (Å²) in [7, 11) is 0. The van der Waals surface area contributed by atoms with Crippen molar-refractivity contribution in [3.05, 3.63) is 30.1 Å². The average molecular weight is 234 g/mol. The SMILES string of the molecule is O=C(Cc1ccccn1)N1CCCCC1CO. The van der Waals surface area contributed by atoms with E-state index in [0.717, 1.165) is 31.5 Å². The number of piperidine rings is 1. The van der Waals surface area contributed by atoms with Crippen LogP contribution in [-0.2, 0) is 11.2 Å². The molecule has 1 amide bonds. The third-order valence-electron chi connectivity index (χ3n) is 3.22. The van der Waals surface area contributed by atoms with Crippen LogP contribution in [-0.4, -0.2) is 40.1 Å². The molecule has 1 fully saturated rings. The summed E-state index contributed by atoms with van der Waals surface area (Å²) in [5.41, 5.74) is 0.791. The lowest BCUT2D eigenvalue weighted by molar-refractivity contribution is -0.135. The van der Waals surface area contributed by atoms with Crippen LogP contribution >= 0.6 is 0 Å². The second kappa shape index (κ2) is 5.77. The van der Waals surface area contributed by atoms with Gasteiger partial charge in [0.15, 0.2) is 0 Å². The average Bonchev–Trinajstić information content (AvgIpc) is 2.40. The molecular formula is C13H18N2O2. The van der Waals surface area contributed by atoms with Crippen LogP contribution in [0.4, 0.5) is 0 Å². The Hall–Kier alpha value is -1.42. The maximum atomic E-state index is 12.1. The van der Waals surface area contributed by atoms with E-state index in [1.54, 1.807) is 11.1 Å². The first kappa shape index (κ1) is 12.0. The summed E-state index contributed by atoms with van der Waals surface area (Å²) < 4.78 is 0. The molecule has 1 N–H and O–H groups in total. The van der Waals surface area contributed by atoms with Crippen molar-refractivity contribution in [2.24, 2.45) is 0 Å². The molecule has 0 spiro atoms. The normalized spacial score (nSPS) is 20.3. The van der Waals surface area contributed by atoms with Crippen LogP contribution in [0.25, 0.3) is 0 Å². The first-order valence-corrected chi connectivity index (χ1v) is 6.11. The molecule has 92 valence electrons. The van der Waals surface area contributed by atoms with Gasteiger partial charge in [0.25, 0.3) is 0 Å². The second-order valence-corrected chi connectivity index (χ2v) is 4.42. The molecule has 0 aliphatic carbocycles. The van der Waals surface area contributed by atoms with Crippen LogP contribution in [0.3, 0.4) is 0 Å². The van der Waals surface area contributed by atoms with Crippen molar-refractivity contribution >= 4 is 5.91 Å². The quantitative estimate of drug-likeness (QED) is 0.848. The first-order valence-electron chi connectivity index (χ1n) is 6.11. The fourth-order valence-corrected chi connectivity index (χ4v) is 2.28. The molecule has 1 aliphatic heterocycles. The van der Waals surface area contributed by atoms with E-state index < -0.39 is 0 Å². The fourth-order valence-electron chi connectivity index (χ4n) is 2.28. The van der Waals surface area contributed by atoms with Crippen LogP contribution in [0.2, 0.25) is 0 Å². The Bertz CT molecular complexity index is 367. The summed E-state index contributed by atoms with van der Waals surface area (Å²) in [5.74, 6) is 0.0717. The number of hydrogen-bond acceptors (Lipinski definition) is 3. The highest BCUT2D eigenvalue weighted by atomic mass is 16.3. The van der Waals surface area contributed by atoms with Crippen molar-refractivity contribution in [1.29, 1.82) is 0 Å². The van der Waals surface area contributed by atoms with Gasteiger partial charge < -0.3 is 10.0 Å². The minimum atomic E-state index is -0.0000350. The maximum absolute atomic E-state index is 12.1. The van der Waals surface area contributed by atoms with Gasteiger partial charge >= 0.3 is 0 Å². The van der Waals surface area contributed by atoms with Gasteiger partial charge in [-0.1, -0.05) is 6.07 Å². The molecule has 1 unspecified atom stereocenters. The van der Waals surface area contributed by atoms with E-state index in [9.17, 15) is 9.90 Å². The maximum Gasteiger partial charge on any atom is 0.228 e. The number of hydrogen-bond donors (Lipinski definition) is 1. The zero-order chi connectivity index (χ0) is 12.1. The number of nitrogens with zero attached hydrogens (tertiary/aromatic N) is 2. The Morgan fingerprint density at radius 1 is 1.47 bits per heavy atom. The smallest absolute Gasteiger partial charge is 0.228 e. The van der Waals surface area contributed by atoms with E-state index in [1.807, 2.05) is 18.2 Å². The Labute approximate surface area is 101 Å². The van der Waals surface area contributed by atoms with E-state index in [0.29, 0.717) is 6.42 Å². The van der Waals surface area contributed by atoms with Crippen molar-refractivity contribution in [2.75, 3.05) is 13.2 Å². The summed E-state index contributed by atoms with van der Waals surface area (Å²) in [6.45, 7) is 0.824. The predicted octanol–water partition coefficient (Wildman–Crippen LogP) is 0.998. The van der Waals surface area contributed by atoms with E-state index in [-0.39, 0.29) is 18.6 Å². The molecule has 4 heteroatoms. The van der Waals surface area contributed by atoms with Crippen LogP contribution in [0.5, 0.6) is 0 Å². The topological polar surface area (TPSA) is 53.4 Å². The van der Waals surface area contributed by atoms with Crippen molar-refractivity contribution in [3.63, 3.8) is 0 Å². The summed E-state index contributed by atoms with van der Waals surface area (Å²) in [6, 6.07) is 5.58. The zero-order valence-corrected chi connectivity index (χ0v) is 9.88. The van der Waals surface area contributed by atoms with Crippen molar-refractivity contribution < 1.29 is 9.90 Å². The lowest BCUT2D eigenvalue weighted by Crippen LogP contribution is -2.46. The second-order valence-electron chi connectivity index (χ2n) is 4.42. The van der Waals surface area contributed by atoms with Gasteiger partial charge in [0, 0.05) is 18.4 Å². The molecule has 0 saturated carbocycles. The molecule has 4 nitrogen and oxygen atoms in total. The number of pyridine rings is 1. The Kier molecular flexibility index (Phi) is 4.09. The molecular weight excluding hydrogens is 216 g/mol. The molecule has 1 aromatic heterocycles. The van der Waals surface area contributed by atoms with Crippen LogP contribution in [0, 0.1) is 0 Å². The summed E-state index contributed by atoms with van der Waals surface area (Å²) >= 11 is 0. The highest BCUT2D eigenvalue weighted by Gasteiger charge is 2.25. The molecule has 2 heterocycles. The zero-order valence-electron chi connectivity index (χ0n) is 9.88. The van der Waals surface area contributed by atoms with Gasteiger partial charge in [0.2, 0.25) is 5.91 Å². The van der Waals surface area contributed by atoms with E-state index in [4.69, 9.17) is 0 Å². The van der Waals surface area contributed by atoms with Gasteiger partial charge in [-0.2, -0.15) is 0 Å². The highest BCUT2D eigenvalue weighted by Crippen LogP contribution is 2.17. The van der Waals surface area contributed by atoms with Gasteiger partial charge in [0.1, 0.15) is 0 Å². The van der Waals surface area contributed by atoms with Crippen molar-refractivity contribution in [2.45, 2.75) is 31.7 Å². The Morgan fingerprint density at radius 2 is 2.35 bits per heavy atom. The number of amides is 1. The minimum absolute atomic E-state index is 0.0000350. The largest absolute Gasteiger partial charge is 0.394 e. The summed E-state index contributed by atoms with van der Waals surface area (Å²) in [5, 5.41) is 9.27. The van der Waals surface area contributed by atoms with Crippen LogP contribution < -0.4 is 0 Å². The number of likely N-dealkylation sites (tertiary alicyclic amines) is 1. The van der Waals surface area contributed by atoms with Gasteiger partial charge in [-0.05, 0) is 31.4 Å². The summed E-state index contributed by atoms with van der Waals surface area (Å²) in [4.78, 5) is 18.1. The van der Waals surface area contributed by atoms with Crippen LogP contribution in [0.1, 0.15) is 25.0 Å². The standard InChI is InChI=1S/C13H18N2O2/c16-10-12-6-2-4-8-15(12)13(17)9-11-5-1-3-7-14-11/h1,3,5,7,12,16H,2,4,6,8-10H2. The molecule has 0 radical (unpaired) electrons. The van der Waals surface area contributed by atoms with Gasteiger partial charge in [-0.15, -0.1) is 0 Å².